The summed E-state index contributed by atoms with van der Waals surface area (Å²) in [7, 11) is 0. The molecule has 3 heterocycles. The highest BCUT2D eigenvalue weighted by molar-refractivity contribution is 5.83. The third-order valence-electron chi connectivity index (χ3n) is 6.32. The Kier molecular flexibility index (Phi) is 4.80. The smallest absolute Gasteiger partial charge is 0.223 e. The van der Waals surface area contributed by atoms with Crippen LogP contribution in [0.5, 0.6) is 0 Å². The second kappa shape index (κ2) is 7.49. The summed E-state index contributed by atoms with van der Waals surface area (Å²) in [6.45, 7) is 8.63. The third-order valence-corrected chi connectivity index (χ3v) is 6.32. The summed E-state index contributed by atoms with van der Waals surface area (Å²) in [6.07, 6.45) is 9.99. The van der Waals surface area contributed by atoms with E-state index in [1.807, 2.05) is 13.1 Å². The Balaban J connectivity index is 1.53. The van der Waals surface area contributed by atoms with Crippen LogP contribution in [-0.4, -0.2) is 30.5 Å². The van der Waals surface area contributed by atoms with Crippen molar-refractivity contribution in [2.24, 2.45) is 5.92 Å². The number of allylic oxidation sites excluding steroid dienone is 1. The molecule has 0 aromatic carbocycles. The number of fused-ring (bicyclic) bond motifs is 2. The van der Waals surface area contributed by atoms with Crippen LogP contribution in [-0.2, 0) is 6.42 Å². The lowest BCUT2D eigenvalue weighted by atomic mass is 10.0. The van der Waals surface area contributed by atoms with E-state index in [-0.39, 0.29) is 0 Å². The lowest BCUT2D eigenvalue weighted by molar-refractivity contribution is 0.595. The highest BCUT2D eigenvalue weighted by atomic mass is 15.1. The molecule has 0 amide bonds. The summed E-state index contributed by atoms with van der Waals surface area (Å²) >= 11 is 0. The first-order valence-corrected chi connectivity index (χ1v) is 11.2. The van der Waals surface area contributed by atoms with Crippen molar-refractivity contribution in [3.63, 3.8) is 0 Å². The number of hydrogen-bond donors (Lipinski definition) is 1. The molecule has 0 saturated heterocycles. The number of rotatable bonds is 5. The van der Waals surface area contributed by atoms with Gasteiger partial charge in [0.15, 0.2) is 5.65 Å². The second-order valence-corrected chi connectivity index (χ2v) is 9.00. The summed E-state index contributed by atoms with van der Waals surface area (Å²) in [5, 5.41) is 3.51. The molecule has 0 spiro atoms. The summed E-state index contributed by atoms with van der Waals surface area (Å²) in [5.41, 5.74) is 6.24. The highest BCUT2D eigenvalue weighted by Crippen LogP contribution is 2.34. The molecule has 2 aliphatic rings. The molecule has 0 radical (unpaired) electrons. The first-order chi connectivity index (χ1) is 14.5. The van der Waals surface area contributed by atoms with Crippen molar-refractivity contribution in [1.29, 1.82) is 0 Å². The zero-order valence-corrected chi connectivity index (χ0v) is 18.3. The second-order valence-electron chi connectivity index (χ2n) is 9.00. The van der Waals surface area contributed by atoms with Crippen LogP contribution < -0.4 is 5.32 Å². The maximum absolute atomic E-state index is 5.04. The fourth-order valence-electron chi connectivity index (χ4n) is 4.54. The first-order valence-electron chi connectivity index (χ1n) is 11.2. The summed E-state index contributed by atoms with van der Waals surface area (Å²) < 4.78 is 2.21. The molecular weight excluding hydrogens is 372 g/mol. The molecule has 0 unspecified atom stereocenters. The lowest BCUT2D eigenvalue weighted by Gasteiger charge is -2.16. The molecule has 6 heteroatoms. The van der Waals surface area contributed by atoms with Crippen LogP contribution in [0.1, 0.15) is 75.3 Å². The van der Waals surface area contributed by atoms with E-state index in [9.17, 15) is 0 Å². The SMILES string of the molecule is Cc1nc2ccc(C3=CCCCc4nc(N[C@H](C)C5CC5)ncc43)nc2n1C(C)C. The molecule has 3 aromatic heterocycles. The number of pyridine rings is 1. The zero-order valence-electron chi connectivity index (χ0n) is 18.3. The van der Waals surface area contributed by atoms with Crippen LogP contribution in [0.15, 0.2) is 24.4 Å². The van der Waals surface area contributed by atoms with Gasteiger partial charge in [0.05, 0.1) is 11.4 Å². The molecule has 2 aliphatic carbocycles. The van der Waals surface area contributed by atoms with Crippen molar-refractivity contribution in [2.45, 2.75) is 71.9 Å². The molecular formula is C24H30N6. The molecule has 6 nitrogen and oxygen atoms in total. The van der Waals surface area contributed by atoms with Crippen molar-refractivity contribution in [3.05, 3.63) is 47.2 Å². The van der Waals surface area contributed by atoms with E-state index in [1.54, 1.807) is 0 Å². The number of imidazole rings is 1. The number of aromatic nitrogens is 5. The Morgan fingerprint density at radius 2 is 1.93 bits per heavy atom. The Morgan fingerprint density at radius 3 is 2.70 bits per heavy atom. The predicted molar refractivity (Wildman–Crippen MR) is 121 cm³/mol. The first kappa shape index (κ1) is 19.2. The van der Waals surface area contributed by atoms with Crippen molar-refractivity contribution in [1.82, 2.24) is 24.5 Å². The van der Waals surface area contributed by atoms with Gasteiger partial charge in [0.1, 0.15) is 11.3 Å². The minimum atomic E-state index is 0.318. The average Bonchev–Trinajstić information content (AvgIpc) is 3.52. The van der Waals surface area contributed by atoms with Gasteiger partial charge in [0, 0.05) is 29.4 Å². The largest absolute Gasteiger partial charge is 0.351 e. The molecule has 3 aromatic rings. The molecule has 0 bridgehead atoms. The Hall–Kier alpha value is -2.76. The normalized spacial score (nSPS) is 17.6. The Bertz CT molecular complexity index is 1120. The average molecular weight is 403 g/mol. The minimum absolute atomic E-state index is 0.318. The highest BCUT2D eigenvalue weighted by Gasteiger charge is 2.28. The van der Waals surface area contributed by atoms with Crippen LogP contribution in [0.3, 0.4) is 0 Å². The van der Waals surface area contributed by atoms with Gasteiger partial charge in [-0.3, -0.25) is 0 Å². The van der Waals surface area contributed by atoms with E-state index in [0.717, 1.165) is 70.6 Å². The van der Waals surface area contributed by atoms with E-state index >= 15 is 0 Å². The maximum Gasteiger partial charge on any atom is 0.223 e. The van der Waals surface area contributed by atoms with Crippen molar-refractivity contribution in [3.8, 4) is 0 Å². The number of hydrogen-bond acceptors (Lipinski definition) is 5. The van der Waals surface area contributed by atoms with Crippen molar-refractivity contribution < 1.29 is 0 Å². The van der Waals surface area contributed by atoms with Crippen LogP contribution in [0.25, 0.3) is 16.7 Å². The fraction of sp³-hybridized carbons (Fsp3) is 0.500. The van der Waals surface area contributed by atoms with Crippen molar-refractivity contribution in [2.75, 3.05) is 5.32 Å². The van der Waals surface area contributed by atoms with E-state index in [1.165, 1.54) is 12.8 Å². The molecule has 156 valence electrons. The van der Waals surface area contributed by atoms with Gasteiger partial charge in [0.2, 0.25) is 5.95 Å². The monoisotopic (exact) mass is 402 g/mol. The standard InChI is InChI=1S/C24H30N6/c1-14(2)30-16(4)27-22-12-11-21(28-23(22)30)18-7-5-6-8-20-19(18)13-25-24(29-20)26-15(3)17-9-10-17/h7,11-15,17H,5-6,8-10H2,1-4H3,(H,25,26,29)/t15-/m1/s1. The van der Waals surface area contributed by atoms with Gasteiger partial charge in [0.25, 0.3) is 0 Å². The predicted octanol–water partition coefficient (Wildman–Crippen LogP) is 5.09. The number of nitrogens with zero attached hydrogens (tertiary/aromatic N) is 5. The van der Waals surface area contributed by atoms with Gasteiger partial charge in [-0.15, -0.1) is 0 Å². The van der Waals surface area contributed by atoms with Gasteiger partial charge >= 0.3 is 0 Å². The van der Waals surface area contributed by atoms with Gasteiger partial charge in [-0.25, -0.2) is 19.9 Å². The van der Waals surface area contributed by atoms with Gasteiger partial charge in [-0.1, -0.05) is 6.08 Å². The molecule has 1 saturated carbocycles. The minimum Gasteiger partial charge on any atom is -0.351 e. The lowest BCUT2D eigenvalue weighted by Crippen LogP contribution is -2.19. The van der Waals surface area contributed by atoms with Gasteiger partial charge < -0.3 is 9.88 Å². The molecule has 30 heavy (non-hydrogen) atoms. The molecule has 1 fully saturated rings. The van der Waals surface area contributed by atoms with Gasteiger partial charge in [-0.2, -0.15) is 0 Å². The van der Waals surface area contributed by atoms with Crippen LogP contribution >= 0.6 is 0 Å². The number of nitrogens with one attached hydrogen (secondary N) is 1. The summed E-state index contributed by atoms with van der Waals surface area (Å²) in [5.74, 6) is 2.53. The zero-order chi connectivity index (χ0) is 20.8. The van der Waals surface area contributed by atoms with E-state index < -0.39 is 0 Å². The summed E-state index contributed by atoms with van der Waals surface area (Å²) in [6, 6.07) is 4.93. The van der Waals surface area contributed by atoms with Gasteiger partial charge in [-0.05, 0) is 77.8 Å². The Morgan fingerprint density at radius 1 is 1.10 bits per heavy atom. The van der Waals surface area contributed by atoms with E-state index in [2.05, 4.69) is 58.8 Å². The third kappa shape index (κ3) is 3.48. The molecule has 0 aliphatic heterocycles. The topological polar surface area (TPSA) is 68.5 Å². The summed E-state index contributed by atoms with van der Waals surface area (Å²) in [4.78, 5) is 19.3. The number of aryl methyl sites for hydroxylation is 2. The molecule has 1 atom stereocenters. The maximum atomic E-state index is 5.04. The van der Waals surface area contributed by atoms with E-state index in [0.29, 0.717) is 12.1 Å². The Labute approximate surface area is 177 Å². The fourth-order valence-corrected chi connectivity index (χ4v) is 4.54. The van der Waals surface area contributed by atoms with Crippen LogP contribution in [0.2, 0.25) is 0 Å². The van der Waals surface area contributed by atoms with Crippen LogP contribution in [0, 0.1) is 12.8 Å². The molecule has 1 N–H and O–H groups in total. The van der Waals surface area contributed by atoms with E-state index in [4.69, 9.17) is 9.97 Å². The molecule has 5 rings (SSSR count). The quantitative estimate of drug-likeness (QED) is 0.644. The van der Waals surface area contributed by atoms with Crippen molar-refractivity contribution >= 4 is 22.7 Å². The number of anilines is 1. The van der Waals surface area contributed by atoms with Crippen LogP contribution in [0.4, 0.5) is 5.95 Å².